The molecule has 0 aliphatic carbocycles. The Labute approximate surface area is 149 Å². The lowest BCUT2D eigenvalue weighted by Crippen LogP contribution is -2.58. The van der Waals surface area contributed by atoms with Gasteiger partial charge in [-0.3, -0.25) is 4.79 Å². The number of nitrogens with zero attached hydrogens (tertiary/aromatic N) is 2. The van der Waals surface area contributed by atoms with Crippen molar-refractivity contribution in [2.45, 2.75) is 45.6 Å². The Morgan fingerprint density at radius 3 is 2.60 bits per heavy atom. The second kappa shape index (κ2) is 7.56. The summed E-state index contributed by atoms with van der Waals surface area (Å²) in [4.78, 5) is 26.4. The van der Waals surface area contributed by atoms with Crippen molar-refractivity contribution in [1.82, 2.24) is 10.2 Å². The normalized spacial score (nSPS) is 17.8. The van der Waals surface area contributed by atoms with Crippen LogP contribution in [0.25, 0.3) is 0 Å². The molecular formula is C19H26N4O2. The Bertz CT molecular complexity index is 674. The standard InChI is InChI=1S/C19H26N4O2/c1-13(2)11-16-17(24)21-9-10-23(16)18(25)22-15-7-5-14(6-8-15)19(3,4)12-20/h5-8,13,16H,9-11H2,1-4H3,(H,21,24)(H,22,25). The van der Waals surface area contributed by atoms with Gasteiger partial charge in [0.1, 0.15) is 6.04 Å². The van der Waals surface area contributed by atoms with Gasteiger partial charge in [-0.25, -0.2) is 4.79 Å². The number of amides is 3. The third-order valence-electron chi connectivity index (χ3n) is 4.42. The molecule has 1 atom stereocenters. The molecule has 2 N–H and O–H groups in total. The maximum absolute atomic E-state index is 12.6. The lowest BCUT2D eigenvalue weighted by molar-refractivity contribution is -0.128. The number of nitrogens with one attached hydrogen (secondary N) is 2. The highest BCUT2D eigenvalue weighted by molar-refractivity contribution is 5.94. The largest absolute Gasteiger partial charge is 0.353 e. The van der Waals surface area contributed by atoms with Gasteiger partial charge >= 0.3 is 6.03 Å². The van der Waals surface area contributed by atoms with Gasteiger partial charge in [-0.2, -0.15) is 5.26 Å². The Kier molecular flexibility index (Phi) is 5.68. The van der Waals surface area contributed by atoms with Crippen LogP contribution in [0.15, 0.2) is 24.3 Å². The molecule has 25 heavy (non-hydrogen) atoms. The van der Waals surface area contributed by atoms with Crippen molar-refractivity contribution < 1.29 is 9.59 Å². The molecule has 1 unspecified atom stereocenters. The fraction of sp³-hybridized carbons (Fsp3) is 0.526. The fourth-order valence-electron chi connectivity index (χ4n) is 2.87. The Morgan fingerprint density at radius 2 is 2.04 bits per heavy atom. The van der Waals surface area contributed by atoms with Crippen molar-refractivity contribution in [1.29, 1.82) is 5.26 Å². The molecule has 6 heteroatoms. The summed E-state index contributed by atoms with van der Waals surface area (Å²) in [6, 6.07) is 8.80. The number of hydrogen-bond donors (Lipinski definition) is 2. The summed E-state index contributed by atoms with van der Waals surface area (Å²) in [5.41, 5.74) is 0.968. The molecule has 1 aromatic carbocycles. The van der Waals surface area contributed by atoms with E-state index in [9.17, 15) is 14.9 Å². The Hall–Kier alpha value is -2.55. The number of urea groups is 1. The summed E-state index contributed by atoms with van der Waals surface area (Å²) >= 11 is 0. The second-order valence-electron chi connectivity index (χ2n) is 7.37. The monoisotopic (exact) mass is 342 g/mol. The van der Waals surface area contributed by atoms with E-state index in [1.807, 2.05) is 39.8 Å². The van der Waals surface area contributed by atoms with Crippen LogP contribution in [0, 0.1) is 17.2 Å². The molecule has 134 valence electrons. The minimum atomic E-state index is -0.574. The SMILES string of the molecule is CC(C)CC1C(=O)NCCN1C(=O)Nc1ccc(C(C)(C)C#N)cc1. The third-order valence-corrected chi connectivity index (χ3v) is 4.42. The Morgan fingerprint density at radius 1 is 1.40 bits per heavy atom. The van der Waals surface area contributed by atoms with Crippen LogP contribution in [0.5, 0.6) is 0 Å². The number of carbonyl (C=O) groups is 2. The maximum Gasteiger partial charge on any atom is 0.322 e. The molecule has 1 saturated heterocycles. The smallest absolute Gasteiger partial charge is 0.322 e. The van der Waals surface area contributed by atoms with E-state index in [0.717, 1.165) is 5.56 Å². The Balaban J connectivity index is 2.10. The van der Waals surface area contributed by atoms with Crippen LogP contribution in [0.2, 0.25) is 0 Å². The highest BCUT2D eigenvalue weighted by Crippen LogP contribution is 2.24. The summed E-state index contributed by atoms with van der Waals surface area (Å²) < 4.78 is 0. The first-order valence-electron chi connectivity index (χ1n) is 8.61. The van der Waals surface area contributed by atoms with Gasteiger partial charge < -0.3 is 15.5 Å². The lowest BCUT2D eigenvalue weighted by atomic mass is 9.86. The van der Waals surface area contributed by atoms with E-state index >= 15 is 0 Å². The van der Waals surface area contributed by atoms with Gasteiger partial charge in [-0.1, -0.05) is 26.0 Å². The van der Waals surface area contributed by atoms with Crippen LogP contribution in [-0.2, 0) is 10.2 Å². The zero-order valence-corrected chi connectivity index (χ0v) is 15.3. The van der Waals surface area contributed by atoms with Gasteiger partial charge in [-0.05, 0) is 43.9 Å². The maximum atomic E-state index is 12.6. The van der Waals surface area contributed by atoms with Crippen molar-refractivity contribution in [3.8, 4) is 6.07 Å². The number of carbonyl (C=O) groups excluding carboxylic acids is 2. The first-order chi connectivity index (χ1) is 11.7. The van der Waals surface area contributed by atoms with Crippen molar-refractivity contribution >= 4 is 17.6 Å². The molecule has 0 radical (unpaired) electrons. The van der Waals surface area contributed by atoms with E-state index < -0.39 is 11.5 Å². The average molecular weight is 342 g/mol. The van der Waals surface area contributed by atoms with E-state index in [0.29, 0.717) is 31.1 Å². The number of piperazine rings is 1. The van der Waals surface area contributed by atoms with Crippen LogP contribution in [-0.4, -0.2) is 36.0 Å². The van der Waals surface area contributed by atoms with E-state index in [4.69, 9.17) is 0 Å². The molecule has 0 spiro atoms. The van der Waals surface area contributed by atoms with Crippen LogP contribution >= 0.6 is 0 Å². The first-order valence-corrected chi connectivity index (χ1v) is 8.61. The number of anilines is 1. The topological polar surface area (TPSA) is 85.2 Å². The molecule has 0 aromatic heterocycles. The number of hydrogen-bond acceptors (Lipinski definition) is 3. The second-order valence-corrected chi connectivity index (χ2v) is 7.37. The third kappa shape index (κ3) is 4.50. The van der Waals surface area contributed by atoms with Crippen molar-refractivity contribution in [3.05, 3.63) is 29.8 Å². The van der Waals surface area contributed by atoms with Crippen molar-refractivity contribution in [3.63, 3.8) is 0 Å². The van der Waals surface area contributed by atoms with Gasteiger partial charge in [0, 0.05) is 18.8 Å². The summed E-state index contributed by atoms with van der Waals surface area (Å²) in [6.07, 6.45) is 0.633. The zero-order valence-electron chi connectivity index (χ0n) is 15.3. The molecular weight excluding hydrogens is 316 g/mol. The van der Waals surface area contributed by atoms with Crippen molar-refractivity contribution in [2.24, 2.45) is 5.92 Å². The number of benzene rings is 1. The summed E-state index contributed by atoms with van der Waals surface area (Å²) in [6.45, 7) is 8.73. The highest BCUT2D eigenvalue weighted by atomic mass is 16.2. The van der Waals surface area contributed by atoms with E-state index in [-0.39, 0.29) is 11.9 Å². The van der Waals surface area contributed by atoms with Gasteiger partial charge in [0.2, 0.25) is 5.91 Å². The van der Waals surface area contributed by atoms with Gasteiger partial charge in [0.25, 0.3) is 0 Å². The summed E-state index contributed by atoms with van der Waals surface area (Å²) in [5.74, 6) is 0.220. The molecule has 3 amide bonds. The minimum absolute atomic E-state index is 0.0961. The van der Waals surface area contributed by atoms with Gasteiger partial charge in [-0.15, -0.1) is 0 Å². The van der Waals surface area contributed by atoms with Crippen LogP contribution < -0.4 is 10.6 Å². The molecule has 6 nitrogen and oxygen atoms in total. The number of rotatable bonds is 4. The molecule has 0 saturated carbocycles. The molecule has 1 aliphatic heterocycles. The van der Waals surface area contributed by atoms with Gasteiger partial charge in [0.05, 0.1) is 11.5 Å². The van der Waals surface area contributed by atoms with Crippen LogP contribution in [0.1, 0.15) is 39.7 Å². The average Bonchev–Trinajstić information content (AvgIpc) is 2.56. The highest BCUT2D eigenvalue weighted by Gasteiger charge is 2.33. The number of nitriles is 1. The van der Waals surface area contributed by atoms with E-state index in [2.05, 4.69) is 16.7 Å². The summed E-state index contributed by atoms with van der Waals surface area (Å²) in [5, 5.41) is 14.9. The molecule has 1 fully saturated rings. The van der Waals surface area contributed by atoms with Gasteiger partial charge in [0.15, 0.2) is 0 Å². The predicted octanol–water partition coefficient (Wildman–Crippen LogP) is 2.87. The fourth-order valence-corrected chi connectivity index (χ4v) is 2.87. The van der Waals surface area contributed by atoms with Crippen LogP contribution in [0.3, 0.4) is 0 Å². The summed E-state index contributed by atoms with van der Waals surface area (Å²) in [7, 11) is 0. The lowest BCUT2D eigenvalue weighted by Gasteiger charge is -2.35. The predicted molar refractivity (Wildman–Crippen MR) is 97.1 cm³/mol. The van der Waals surface area contributed by atoms with Crippen molar-refractivity contribution in [2.75, 3.05) is 18.4 Å². The minimum Gasteiger partial charge on any atom is -0.353 e. The quantitative estimate of drug-likeness (QED) is 0.882. The molecule has 1 aromatic rings. The first kappa shape index (κ1) is 18.8. The molecule has 1 heterocycles. The molecule has 0 bridgehead atoms. The molecule has 1 aliphatic rings. The zero-order chi connectivity index (χ0) is 18.6. The van der Waals surface area contributed by atoms with Crippen LogP contribution in [0.4, 0.5) is 10.5 Å². The van der Waals surface area contributed by atoms with E-state index in [1.165, 1.54) is 0 Å². The van der Waals surface area contributed by atoms with E-state index in [1.54, 1.807) is 17.0 Å². The molecule has 2 rings (SSSR count).